The molecule has 0 spiro atoms. The third kappa shape index (κ3) is 3.34. The van der Waals surface area contributed by atoms with Gasteiger partial charge < -0.3 is 10.2 Å². The maximum Gasteiger partial charge on any atom is 0.367 e. The summed E-state index contributed by atoms with van der Waals surface area (Å²) in [6, 6.07) is 12.1. The minimum atomic E-state index is -0.649. The van der Waals surface area contributed by atoms with Crippen LogP contribution in [-0.2, 0) is 9.63 Å². The highest BCUT2D eigenvalue weighted by Gasteiger charge is 2.71. The second-order valence-corrected chi connectivity index (χ2v) is 10.4. The molecule has 7 heteroatoms. The Morgan fingerprint density at radius 3 is 2.47 bits per heavy atom. The number of nitrogens with zero attached hydrogens (tertiary/aromatic N) is 1. The molecule has 0 aliphatic heterocycles. The van der Waals surface area contributed by atoms with Crippen molar-refractivity contribution in [2.24, 2.45) is 21.4 Å². The predicted octanol–water partition coefficient (Wildman–Crippen LogP) is 6.67. The van der Waals surface area contributed by atoms with Gasteiger partial charge in [-0.3, -0.25) is 4.79 Å². The van der Waals surface area contributed by atoms with Gasteiger partial charge in [-0.2, -0.15) is 0 Å². The van der Waals surface area contributed by atoms with E-state index in [4.69, 9.17) is 28.0 Å². The number of aryl methyl sites for hydroxylation is 1. The molecule has 5 nitrogen and oxygen atoms in total. The fourth-order valence-corrected chi connectivity index (χ4v) is 5.74. The van der Waals surface area contributed by atoms with Gasteiger partial charge in [0.25, 0.3) is 0 Å². The summed E-state index contributed by atoms with van der Waals surface area (Å²) >= 11 is 12.2. The molecule has 2 aliphatic rings. The number of hydrogen-bond acceptors (Lipinski definition) is 4. The van der Waals surface area contributed by atoms with Gasteiger partial charge in [-0.05, 0) is 61.1 Å². The quantitative estimate of drug-likeness (QED) is 0.398. The number of hydrogen-bond donors (Lipinski definition) is 1. The molecule has 2 fully saturated rings. The van der Waals surface area contributed by atoms with Gasteiger partial charge in [0, 0.05) is 22.5 Å². The van der Waals surface area contributed by atoms with Crippen LogP contribution in [0.15, 0.2) is 47.6 Å². The molecule has 2 saturated carbocycles. The van der Waals surface area contributed by atoms with E-state index >= 15 is 0 Å². The van der Waals surface area contributed by atoms with E-state index in [2.05, 4.69) is 31.2 Å². The first kappa shape index (κ1) is 22.8. The van der Waals surface area contributed by atoms with Crippen LogP contribution in [0.3, 0.4) is 0 Å². The monoisotopic (exact) mass is 472 g/mol. The lowest BCUT2D eigenvalue weighted by atomic mass is 9.64. The van der Waals surface area contributed by atoms with Crippen LogP contribution in [0.1, 0.15) is 56.0 Å². The Labute approximate surface area is 198 Å². The van der Waals surface area contributed by atoms with Crippen LogP contribution in [0.2, 0.25) is 10.0 Å². The fourth-order valence-electron chi connectivity index (χ4n) is 5.30. The third-order valence-corrected chi connectivity index (χ3v) is 8.50. The second-order valence-electron chi connectivity index (χ2n) is 9.53. The zero-order chi connectivity index (χ0) is 23.3. The van der Waals surface area contributed by atoms with Crippen molar-refractivity contribution in [2.75, 3.05) is 5.32 Å². The zero-order valence-electron chi connectivity index (χ0n) is 18.6. The molecule has 2 aromatic rings. The number of benzene rings is 2. The summed E-state index contributed by atoms with van der Waals surface area (Å²) in [5.41, 5.74) is 1.26. The van der Waals surface area contributed by atoms with Crippen molar-refractivity contribution in [1.29, 1.82) is 0 Å². The smallest absolute Gasteiger partial charge is 0.325 e. The second kappa shape index (κ2) is 7.89. The Bertz CT molecular complexity index is 1140. The number of carbonyl (C=O) groups is 2. The van der Waals surface area contributed by atoms with E-state index in [-0.39, 0.29) is 22.3 Å². The fraction of sp³-hybridized carbons (Fsp3) is 0.400. The highest BCUT2D eigenvalue weighted by atomic mass is 35.5. The first-order chi connectivity index (χ1) is 15.0. The number of anilines is 1. The molecule has 0 aromatic heterocycles. The zero-order valence-corrected chi connectivity index (χ0v) is 20.1. The Morgan fingerprint density at radius 2 is 1.78 bits per heavy atom. The number of halogens is 2. The van der Waals surface area contributed by atoms with Crippen LogP contribution in [0, 0.1) is 23.2 Å². The van der Waals surface area contributed by atoms with Crippen LogP contribution in [0.4, 0.5) is 5.69 Å². The maximum absolute atomic E-state index is 13.6. The molecule has 2 bridgehead atoms. The highest BCUT2D eigenvalue weighted by Crippen LogP contribution is 2.71. The van der Waals surface area contributed by atoms with Gasteiger partial charge in [0.1, 0.15) is 0 Å². The van der Waals surface area contributed by atoms with E-state index < -0.39 is 11.4 Å². The Hall–Kier alpha value is -2.37. The van der Waals surface area contributed by atoms with Crippen LogP contribution in [0.25, 0.3) is 0 Å². The van der Waals surface area contributed by atoms with Crippen molar-refractivity contribution in [2.45, 2.75) is 47.0 Å². The van der Waals surface area contributed by atoms with Gasteiger partial charge >= 0.3 is 5.97 Å². The Balaban J connectivity index is 1.61. The summed E-state index contributed by atoms with van der Waals surface area (Å²) in [6.45, 7) is 8.23. The molecule has 168 valence electrons. The number of nitrogens with one attached hydrogen (secondary N) is 1. The largest absolute Gasteiger partial charge is 0.367 e. The lowest BCUT2D eigenvalue weighted by Gasteiger charge is -2.39. The van der Waals surface area contributed by atoms with Crippen LogP contribution in [-0.4, -0.2) is 17.6 Å². The lowest BCUT2D eigenvalue weighted by molar-refractivity contribution is -0.130. The van der Waals surface area contributed by atoms with Gasteiger partial charge in [-0.15, -0.1) is 0 Å². The third-order valence-electron chi connectivity index (χ3n) is 7.94. The number of fused-ring (bicyclic) bond motifs is 2. The van der Waals surface area contributed by atoms with Crippen molar-refractivity contribution in [1.82, 2.24) is 0 Å². The van der Waals surface area contributed by atoms with Crippen molar-refractivity contribution in [3.05, 3.63) is 63.6 Å². The standard InChI is InChI=1S/C25H26Cl2N2O3/c1-15-13-16(26)9-10-19(15)28-22(31)25-12-11-24(4,23(25,2)3)20(14-25)29-32-21(30)17-7-5-6-8-18(17)27/h5-10,13H,11-12,14H2,1-4H3,(H,28,31)/b29-20-. The number of rotatable bonds is 4. The number of oxime groups is 1. The van der Waals surface area contributed by atoms with Crippen LogP contribution >= 0.6 is 23.2 Å². The minimum absolute atomic E-state index is 0.0423. The summed E-state index contributed by atoms with van der Waals surface area (Å²) in [5.74, 6) is -0.651. The van der Waals surface area contributed by atoms with E-state index in [0.29, 0.717) is 16.5 Å². The molecule has 2 aliphatic carbocycles. The van der Waals surface area contributed by atoms with E-state index in [9.17, 15) is 9.59 Å². The van der Waals surface area contributed by atoms with E-state index in [1.807, 2.05) is 19.1 Å². The van der Waals surface area contributed by atoms with Gasteiger partial charge in [-0.1, -0.05) is 61.3 Å². The average molecular weight is 473 g/mol. The topological polar surface area (TPSA) is 67.8 Å². The molecule has 0 heterocycles. The summed E-state index contributed by atoms with van der Waals surface area (Å²) < 4.78 is 0. The van der Waals surface area contributed by atoms with Crippen molar-refractivity contribution in [3.63, 3.8) is 0 Å². The van der Waals surface area contributed by atoms with E-state index in [1.165, 1.54) is 0 Å². The highest BCUT2D eigenvalue weighted by molar-refractivity contribution is 6.33. The molecule has 1 amide bonds. The molecule has 4 rings (SSSR count). The summed E-state index contributed by atoms with van der Waals surface area (Å²) in [6.07, 6.45) is 1.97. The molecule has 2 unspecified atom stereocenters. The molecule has 1 N–H and O–H groups in total. The van der Waals surface area contributed by atoms with Gasteiger partial charge in [0.05, 0.1) is 21.7 Å². The molecular weight excluding hydrogens is 447 g/mol. The SMILES string of the molecule is Cc1cc(Cl)ccc1NC(=O)C12CCC(C)(/C(=N\OC(=O)c3ccccc3Cl)C1)C2(C)C. The predicted molar refractivity (Wildman–Crippen MR) is 127 cm³/mol. The summed E-state index contributed by atoms with van der Waals surface area (Å²) in [4.78, 5) is 31.4. The molecule has 0 saturated heterocycles. The number of amides is 1. The minimum Gasteiger partial charge on any atom is -0.325 e. The summed E-state index contributed by atoms with van der Waals surface area (Å²) in [7, 11) is 0. The van der Waals surface area contributed by atoms with Gasteiger partial charge in [-0.25, -0.2) is 4.79 Å². The van der Waals surface area contributed by atoms with E-state index in [1.54, 1.807) is 30.3 Å². The Morgan fingerprint density at radius 1 is 1.06 bits per heavy atom. The molecular formula is C25H26Cl2N2O3. The molecule has 2 aromatic carbocycles. The first-order valence-electron chi connectivity index (χ1n) is 10.6. The molecule has 0 radical (unpaired) electrons. The Kier molecular flexibility index (Phi) is 5.62. The van der Waals surface area contributed by atoms with Crippen molar-refractivity contribution in [3.8, 4) is 0 Å². The van der Waals surface area contributed by atoms with Crippen LogP contribution in [0.5, 0.6) is 0 Å². The first-order valence-corrected chi connectivity index (χ1v) is 11.4. The summed E-state index contributed by atoms with van der Waals surface area (Å²) in [5, 5.41) is 8.32. The van der Waals surface area contributed by atoms with Crippen molar-refractivity contribution < 1.29 is 14.4 Å². The maximum atomic E-state index is 13.6. The lowest BCUT2D eigenvalue weighted by Crippen LogP contribution is -2.43. The van der Waals surface area contributed by atoms with Crippen molar-refractivity contribution >= 4 is 46.5 Å². The van der Waals surface area contributed by atoms with Crippen LogP contribution < -0.4 is 5.32 Å². The normalized spacial score (nSPS) is 26.9. The average Bonchev–Trinajstić information content (AvgIpc) is 3.05. The molecule has 32 heavy (non-hydrogen) atoms. The number of carbonyl (C=O) groups excluding carboxylic acids is 2. The van der Waals surface area contributed by atoms with Gasteiger partial charge in [0.2, 0.25) is 5.91 Å². The van der Waals surface area contributed by atoms with Gasteiger partial charge in [0.15, 0.2) is 0 Å². The molecule has 2 atom stereocenters. The van der Waals surface area contributed by atoms with E-state index in [0.717, 1.165) is 29.8 Å².